The number of rotatable bonds is 3. The highest BCUT2D eigenvalue weighted by Crippen LogP contribution is 2.08. The third-order valence-electron chi connectivity index (χ3n) is 2.60. The van der Waals surface area contributed by atoms with Gasteiger partial charge in [0.25, 0.3) is 0 Å². The van der Waals surface area contributed by atoms with E-state index in [1.807, 2.05) is 0 Å². The minimum atomic E-state index is -0.182. The lowest BCUT2D eigenvalue weighted by atomic mass is 10.3. The Labute approximate surface area is 105 Å². The first-order chi connectivity index (χ1) is 8.79. The van der Waals surface area contributed by atoms with Crippen LogP contribution < -0.4 is 5.32 Å². The van der Waals surface area contributed by atoms with Crippen LogP contribution in [0.15, 0.2) is 18.6 Å². The summed E-state index contributed by atoms with van der Waals surface area (Å²) in [7, 11) is 1.61. The number of nitrogens with zero attached hydrogens (tertiary/aromatic N) is 3. The predicted octanol–water partition coefficient (Wildman–Crippen LogP) is 0.356. The molecule has 0 spiro atoms. The van der Waals surface area contributed by atoms with E-state index in [0.717, 1.165) is 0 Å². The van der Waals surface area contributed by atoms with E-state index in [1.54, 1.807) is 24.3 Å². The summed E-state index contributed by atoms with van der Waals surface area (Å²) < 4.78 is 10.5. The highest BCUT2D eigenvalue weighted by Gasteiger charge is 2.24. The summed E-state index contributed by atoms with van der Waals surface area (Å²) in [4.78, 5) is 21.4. The first-order valence-electron chi connectivity index (χ1n) is 5.72. The summed E-state index contributed by atoms with van der Waals surface area (Å²) in [6.45, 7) is 2.09. The van der Waals surface area contributed by atoms with Gasteiger partial charge in [-0.15, -0.1) is 0 Å². The van der Waals surface area contributed by atoms with Gasteiger partial charge in [0.1, 0.15) is 12.1 Å². The molecule has 1 unspecified atom stereocenters. The number of morpholine rings is 1. The van der Waals surface area contributed by atoms with Crippen molar-refractivity contribution in [1.29, 1.82) is 0 Å². The Balaban J connectivity index is 1.88. The second kappa shape index (κ2) is 6.27. The maximum atomic E-state index is 12.0. The molecule has 2 heterocycles. The number of urea groups is 1. The van der Waals surface area contributed by atoms with E-state index >= 15 is 0 Å². The quantitative estimate of drug-likeness (QED) is 0.840. The monoisotopic (exact) mass is 252 g/mol. The van der Waals surface area contributed by atoms with Crippen molar-refractivity contribution in [2.45, 2.75) is 6.10 Å². The number of aromatic nitrogens is 2. The molecule has 7 nitrogen and oxygen atoms in total. The molecule has 1 aromatic heterocycles. The smallest absolute Gasteiger partial charge is 0.323 e. The summed E-state index contributed by atoms with van der Waals surface area (Å²) in [6.07, 6.45) is 2.90. The van der Waals surface area contributed by atoms with Crippen LogP contribution in [0.1, 0.15) is 0 Å². The second-order valence-corrected chi connectivity index (χ2v) is 3.92. The molecule has 7 heteroatoms. The Morgan fingerprint density at radius 1 is 1.72 bits per heavy atom. The Bertz CT molecular complexity index is 385. The van der Waals surface area contributed by atoms with Gasteiger partial charge in [-0.05, 0) is 6.07 Å². The fourth-order valence-electron chi connectivity index (χ4n) is 1.74. The molecule has 1 saturated heterocycles. The van der Waals surface area contributed by atoms with Gasteiger partial charge in [-0.2, -0.15) is 0 Å². The number of nitrogens with one attached hydrogen (secondary N) is 1. The SMILES string of the molecule is COCC1CN(C(=O)Nc2ccncn2)CCO1. The second-order valence-electron chi connectivity index (χ2n) is 3.92. The standard InChI is InChI=1S/C11H16N4O3/c1-17-7-9-6-15(4-5-18-9)11(16)14-10-2-3-12-8-13-10/h2-3,8-9H,4-7H2,1H3,(H,12,13,14,16). The van der Waals surface area contributed by atoms with Gasteiger partial charge in [-0.3, -0.25) is 5.32 Å². The fraction of sp³-hybridized carbons (Fsp3) is 0.545. The summed E-state index contributed by atoms with van der Waals surface area (Å²) in [5.41, 5.74) is 0. The van der Waals surface area contributed by atoms with Gasteiger partial charge in [-0.25, -0.2) is 14.8 Å². The Hall–Kier alpha value is -1.73. The molecule has 2 amide bonds. The van der Waals surface area contributed by atoms with Gasteiger partial charge in [0.2, 0.25) is 0 Å². The normalized spacial score (nSPS) is 19.6. The molecule has 98 valence electrons. The van der Waals surface area contributed by atoms with Crippen LogP contribution in [0.25, 0.3) is 0 Å². The maximum absolute atomic E-state index is 12.0. The molecule has 1 aliphatic rings. The summed E-state index contributed by atoms with van der Waals surface area (Å²) in [5.74, 6) is 0.491. The number of ether oxygens (including phenoxy) is 2. The van der Waals surface area contributed by atoms with Gasteiger partial charge in [0.15, 0.2) is 0 Å². The van der Waals surface area contributed by atoms with Crippen LogP contribution in [-0.4, -0.2) is 60.4 Å². The molecule has 1 aliphatic heterocycles. The first-order valence-corrected chi connectivity index (χ1v) is 5.72. The van der Waals surface area contributed by atoms with Crippen LogP contribution in [0.4, 0.5) is 10.6 Å². The topological polar surface area (TPSA) is 76.6 Å². The molecule has 1 fully saturated rings. The van der Waals surface area contributed by atoms with E-state index < -0.39 is 0 Å². The van der Waals surface area contributed by atoms with Crippen LogP contribution in [0, 0.1) is 0 Å². The van der Waals surface area contributed by atoms with Crippen molar-refractivity contribution in [2.75, 3.05) is 38.7 Å². The van der Waals surface area contributed by atoms with Gasteiger partial charge >= 0.3 is 6.03 Å². The fourth-order valence-corrected chi connectivity index (χ4v) is 1.74. The number of anilines is 1. The van der Waals surface area contributed by atoms with Crippen molar-refractivity contribution in [3.8, 4) is 0 Å². The molecule has 1 atom stereocenters. The molecule has 2 rings (SSSR count). The van der Waals surface area contributed by atoms with Crippen molar-refractivity contribution in [1.82, 2.24) is 14.9 Å². The van der Waals surface area contributed by atoms with Crippen molar-refractivity contribution in [3.05, 3.63) is 18.6 Å². The zero-order valence-corrected chi connectivity index (χ0v) is 10.2. The molecule has 0 aromatic carbocycles. The van der Waals surface area contributed by atoms with Crippen LogP contribution >= 0.6 is 0 Å². The van der Waals surface area contributed by atoms with Crippen molar-refractivity contribution in [2.24, 2.45) is 0 Å². The molecule has 0 radical (unpaired) electrons. The lowest BCUT2D eigenvalue weighted by molar-refractivity contribution is -0.0481. The largest absolute Gasteiger partial charge is 0.382 e. The minimum absolute atomic E-state index is 0.0695. The van der Waals surface area contributed by atoms with E-state index in [0.29, 0.717) is 32.1 Å². The number of hydrogen-bond acceptors (Lipinski definition) is 5. The van der Waals surface area contributed by atoms with Crippen LogP contribution in [0.5, 0.6) is 0 Å². The number of carbonyl (C=O) groups is 1. The van der Waals surface area contributed by atoms with Gasteiger partial charge in [-0.1, -0.05) is 0 Å². The van der Waals surface area contributed by atoms with E-state index in [1.165, 1.54) is 6.33 Å². The highest BCUT2D eigenvalue weighted by molar-refractivity contribution is 5.88. The summed E-state index contributed by atoms with van der Waals surface area (Å²) in [6, 6.07) is 1.46. The number of amides is 2. The first kappa shape index (κ1) is 12.7. The molecular formula is C11H16N4O3. The van der Waals surface area contributed by atoms with Gasteiger partial charge < -0.3 is 14.4 Å². The summed E-state index contributed by atoms with van der Waals surface area (Å²) >= 11 is 0. The average Bonchev–Trinajstić information content (AvgIpc) is 2.40. The highest BCUT2D eigenvalue weighted by atomic mass is 16.5. The maximum Gasteiger partial charge on any atom is 0.323 e. The number of carbonyl (C=O) groups excluding carboxylic acids is 1. The third-order valence-corrected chi connectivity index (χ3v) is 2.60. The third kappa shape index (κ3) is 3.38. The molecule has 18 heavy (non-hydrogen) atoms. The van der Waals surface area contributed by atoms with Crippen LogP contribution in [-0.2, 0) is 9.47 Å². The molecule has 1 N–H and O–H groups in total. The lowest BCUT2D eigenvalue weighted by Gasteiger charge is -2.32. The Kier molecular flexibility index (Phi) is 4.43. The molecular weight excluding hydrogens is 236 g/mol. The van der Waals surface area contributed by atoms with Gasteiger partial charge in [0, 0.05) is 19.9 Å². The Morgan fingerprint density at radius 3 is 3.33 bits per heavy atom. The van der Waals surface area contributed by atoms with E-state index in [-0.39, 0.29) is 12.1 Å². The van der Waals surface area contributed by atoms with Crippen molar-refractivity contribution < 1.29 is 14.3 Å². The van der Waals surface area contributed by atoms with E-state index in [2.05, 4.69) is 15.3 Å². The molecule has 0 aliphatic carbocycles. The van der Waals surface area contributed by atoms with E-state index in [9.17, 15) is 4.79 Å². The molecule has 0 bridgehead atoms. The van der Waals surface area contributed by atoms with Gasteiger partial charge in [0.05, 0.1) is 25.9 Å². The lowest BCUT2D eigenvalue weighted by Crippen LogP contribution is -2.48. The van der Waals surface area contributed by atoms with Crippen LogP contribution in [0.2, 0.25) is 0 Å². The zero-order chi connectivity index (χ0) is 12.8. The minimum Gasteiger partial charge on any atom is -0.382 e. The summed E-state index contributed by atoms with van der Waals surface area (Å²) in [5, 5.41) is 2.71. The zero-order valence-electron chi connectivity index (χ0n) is 10.2. The number of hydrogen-bond donors (Lipinski definition) is 1. The van der Waals surface area contributed by atoms with Crippen LogP contribution in [0.3, 0.4) is 0 Å². The number of methoxy groups -OCH3 is 1. The van der Waals surface area contributed by atoms with E-state index in [4.69, 9.17) is 9.47 Å². The molecule has 0 saturated carbocycles. The Morgan fingerprint density at radius 2 is 2.61 bits per heavy atom. The van der Waals surface area contributed by atoms with Crippen molar-refractivity contribution >= 4 is 11.8 Å². The molecule has 1 aromatic rings. The average molecular weight is 252 g/mol. The predicted molar refractivity (Wildman–Crippen MR) is 64.2 cm³/mol. The van der Waals surface area contributed by atoms with Crippen molar-refractivity contribution in [3.63, 3.8) is 0 Å².